The Morgan fingerprint density at radius 2 is 1.78 bits per heavy atom. The van der Waals surface area contributed by atoms with Crippen molar-refractivity contribution in [3.8, 4) is 0 Å². The van der Waals surface area contributed by atoms with E-state index in [0.717, 1.165) is 0 Å². The normalized spacial score (nSPS) is 11.1. The fraction of sp³-hybridized carbons (Fsp3) is 0. The fourth-order valence-electron chi connectivity index (χ4n) is 1.69. The van der Waals surface area contributed by atoms with E-state index in [4.69, 9.17) is 0 Å². The second kappa shape index (κ2) is 5.22. The maximum absolute atomic E-state index is 11.3. The Balaban J connectivity index is 3.09. The first-order valence-corrected chi connectivity index (χ1v) is 9.05. The Labute approximate surface area is 126 Å². The summed E-state index contributed by atoms with van der Waals surface area (Å²) in [6, 6.07) is 6.65. The molecule has 0 amide bonds. The average molecular weight is 488 g/mol. The molecule has 0 aromatic heterocycles. The van der Waals surface area contributed by atoms with Gasteiger partial charge < -0.3 is 5.11 Å². The quantitative estimate of drug-likeness (QED) is 0.636. The van der Waals surface area contributed by atoms with Crippen molar-refractivity contribution in [3.05, 3.63) is 42.3 Å². The molecule has 2 rings (SSSR count). The highest BCUT2D eigenvalue weighted by atomic mass is 127. The summed E-state index contributed by atoms with van der Waals surface area (Å²) in [6.45, 7) is 0. The van der Waals surface area contributed by atoms with Gasteiger partial charge in [0.1, 0.15) is 3.57 Å². The number of benzene rings is 2. The van der Waals surface area contributed by atoms with Crippen molar-refractivity contribution >= 4 is 68.4 Å². The molecular weight excluding hydrogens is 483 g/mol. The molecule has 0 atom stereocenters. The number of fused-ring (bicyclic) bond motifs is 1. The number of carboxylic acid groups (broad SMARTS) is 1. The highest BCUT2D eigenvalue weighted by molar-refractivity contribution is 14.2. The van der Waals surface area contributed by atoms with Gasteiger partial charge in [0.25, 0.3) is 0 Å². The number of carbonyl (C=O) groups is 1. The summed E-state index contributed by atoms with van der Waals surface area (Å²) < 4.78 is 23.5. The minimum Gasteiger partial charge on any atom is -0.478 e. The monoisotopic (exact) mass is 486 g/mol. The minimum atomic E-state index is -3.91. The van der Waals surface area contributed by atoms with Crippen molar-refractivity contribution in [3.63, 3.8) is 0 Å². The van der Waals surface area contributed by atoms with E-state index < -0.39 is 25.8 Å². The Bertz CT molecular complexity index is 729. The Morgan fingerprint density at radius 1 is 1.11 bits per heavy atom. The van der Waals surface area contributed by atoms with Gasteiger partial charge in [0.15, 0.2) is 0 Å². The molecule has 2 aromatic carbocycles. The first kappa shape index (κ1) is 13.9. The molecule has 0 radical (unpaired) electrons. The molecule has 0 fully saturated rings. The molecular formula is C11H5Br2IO4. The van der Waals surface area contributed by atoms with Crippen molar-refractivity contribution in [2.24, 2.45) is 0 Å². The van der Waals surface area contributed by atoms with E-state index in [1.165, 1.54) is 0 Å². The summed E-state index contributed by atoms with van der Waals surface area (Å²) in [4.78, 5) is 11.3. The molecule has 0 saturated carbocycles. The van der Waals surface area contributed by atoms with Crippen LogP contribution in [0.3, 0.4) is 0 Å². The summed E-state index contributed by atoms with van der Waals surface area (Å²) in [7, 11) is 0. The standard InChI is InChI=1S/C11H5Br2IO4/c12-7-3-1-2-5-6(7)4-8(13)10(14(17)18)9(5)11(15)16/h1-4H,(H,15,16). The highest BCUT2D eigenvalue weighted by Gasteiger charge is 2.22. The second-order valence-corrected chi connectivity index (χ2v) is 7.43. The number of halogens is 3. The van der Waals surface area contributed by atoms with Gasteiger partial charge in [-0.1, -0.05) is 28.1 Å². The van der Waals surface area contributed by atoms with Gasteiger partial charge in [-0.2, -0.15) is 0 Å². The molecule has 0 saturated heterocycles. The van der Waals surface area contributed by atoms with Crippen LogP contribution >= 0.6 is 51.7 Å². The first-order chi connectivity index (χ1) is 8.43. The molecule has 94 valence electrons. The topological polar surface area (TPSA) is 71.4 Å². The van der Waals surface area contributed by atoms with E-state index in [1.807, 2.05) is 0 Å². The van der Waals surface area contributed by atoms with Gasteiger partial charge in [0, 0.05) is 8.95 Å². The number of rotatable bonds is 2. The maximum atomic E-state index is 11.3. The van der Waals surface area contributed by atoms with Crippen LogP contribution in [0.2, 0.25) is 0 Å². The predicted octanol–water partition coefficient (Wildman–Crippen LogP) is 4.43. The Morgan fingerprint density at radius 3 is 2.33 bits per heavy atom. The van der Waals surface area contributed by atoms with Crippen molar-refractivity contribution in [2.75, 3.05) is 0 Å². The van der Waals surface area contributed by atoms with Crippen LogP contribution in [-0.2, 0) is 6.14 Å². The van der Waals surface area contributed by atoms with Crippen LogP contribution in [0.25, 0.3) is 10.8 Å². The van der Waals surface area contributed by atoms with Crippen LogP contribution < -0.4 is 0 Å². The molecule has 0 aliphatic heterocycles. The number of hydrogen-bond donors (Lipinski definition) is 1. The third kappa shape index (κ3) is 2.30. The van der Waals surface area contributed by atoms with Crippen LogP contribution in [0.1, 0.15) is 10.4 Å². The first-order valence-electron chi connectivity index (χ1n) is 4.62. The summed E-state index contributed by atoms with van der Waals surface area (Å²) in [6.07, 6.45) is 0. The van der Waals surface area contributed by atoms with E-state index in [0.29, 0.717) is 15.2 Å². The zero-order valence-corrected chi connectivity index (χ0v) is 13.9. The molecule has 0 unspecified atom stereocenters. The predicted molar refractivity (Wildman–Crippen MR) is 80.4 cm³/mol. The molecule has 2 aromatic rings. The van der Waals surface area contributed by atoms with Crippen molar-refractivity contribution in [1.29, 1.82) is 0 Å². The third-order valence-electron chi connectivity index (χ3n) is 2.39. The lowest BCUT2D eigenvalue weighted by atomic mass is 10.0. The number of hydrogen-bond acceptors (Lipinski definition) is 3. The minimum absolute atomic E-state index is 0.114. The van der Waals surface area contributed by atoms with E-state index in [9.17, 15) is 16.0 Å². The van der Waals surface area contributed by atoms with Gasteiger partial charge in [-0.25, -0.2) is 10.9 Å². The summed E-state index contributed by atoms with van der Waals surface area (Å²) >= 11 is 2.54. The Hall–Kier alpha value is -0.540. The molecule has 7 heteroatoms. The lowest BCUT2D eigenvalue weighted by molar-refractivity contribution is 0.0697. The van der Waals surface area contributed by atoms with E-state index >= 15 is 0 Å². The lowest BCUT2D eigenvalue weighted by Crippen LogP contribution is -2.02. The largest absolute Gasteiger partial charge is 0.478 e. The number of aromatic carboxylic acids is 1. The average Bonchev–Trinajstić information content (AvgIpc) is 2.28. The smallest absolute Gasteiger partial charge is 0.342 e. The van der Waals surface area contributed by atoms with Gasteiger partial charge >= 0.3 is 25.8 Å². The summed E-state index contributed by atoms with van der Waals surface area (Å²) in [5.74, 6) is -1.25. The van der Waals surface area contributed by atoms with Crippen molar-refractivity contribution in [1.82, 2.24) is 0 Å². The molecule has 18 heavy (non-hydrogen) atoms. The molecule has 0 bridgehead atoms. The van der Waals surface area contributed by atoms with Crippen LogP contribution in [0.4, 0.5) is 0 Å². The van der Waals surface area contributed by atoms with Gasteiger partial charge in [-0.3, -0.25) is 0 Å². The molecule has 0 heterocycles. The molecule has 0 aliphatic rings. The van der Waals surface area contributed by atoms with Gasteiger partial charge in [0.2, 0.25) is 0 Å². The molecule has 0 aliphatic carbocycles. The van der Waals surface area contributed by atoms with Crippen molar-refractivity contribution < 1.29 is 16.0 Å². The maximum Gasteiger partial charge on any atom is 0.342 e. The SMILES string of the molecule is O=C(O)c1c(I(=O)=O)c(Br)cc2c(Br)cccc12. The van der Waals surface area contributed by atoms with Crippen LogP contribution in [-0.4, -0.2) is 11.1 Å². The lowest BCUT2D eigenvalue weighted by Gasteiger charge is -2.08. The number of carboxylic acids is 1. The van der Waals surface area contributed by atoms with E-state index in [-0.39, 0.29) is 13.6 Å². The Kier molecular flexibility index (Phi) is 4.02. The van der Waals surface area contributed by atoms with Gasteiger partial charge in [-0.05, 0) is 38.8 Å². The molecule has 1 N–H and O–H groups in total. The molecule has 0 spiro atoms. The van der Waals surface area contributed by atoms with Gasteiger partial charge in [0.05, 0.1) is 5.56 Å². The van der Waals surface area contributed by atoms with Crippen LogP contribution in [0.5, 0.6) is 0 Å². The summed E-state index contributed by atoms with van der Waals surface area (Å²) in [5, 5.41) is 10.3. The second-order valence-electron chi connectivity index (χ2n) is 3.40. The van der Waals surface area contributed by atoms with Gasteiger partial charge in [-0.15, -0.1) is 0 Å². The van der Waals surface area contributed by atoms with Crippen LogP contribution in [0, 0.1) is 3.57 Å². The summed E-state index contributed by atoms with van der Waals surface area (Å²) in [5.41, 5.74) is -0.170. The zero-order valence-electron chi connectivity index (χ0n) is 8.62. The highest BCUT2D eigenvalue weighted by Crippen LogP contribution is 2.37. The fourth-order valence-corrected chi connectivity index (χ4v) is 4.96. The van der Waals surface area contributed by atoms with E-state index in [2.05, 4.69) is 31.9 Å². The van der Waals surface area contributed by atoms with Crippen LogP contribution in [0.15, 0.2) is 33.2 Å². The van der Waals surface area contributed by atoms with E-state index in [1.54, 1.807) is 24.3 Å². The van der Waals surface area contributed by atoms with Crippen molar-refractivity contribution in [2.45, 2.75) is 0 Å². The zero-order chi connectivity index (χ0) is 13.4. The molecule has 4 nitrogen and oxygen atoms in total. The third-order valence-corrected chi connectivity index (χ3v) is 6.45.